The molecule has 0 bridgehead atoms. The third-order valence-corrected chi connectivity index (χ3v) is 7.66. The molecule has 138 valence electrons. The molecule has 3 aliphatic rings. The Bertz CT molecular complexity index is 525. The molecule has 2 heterocycles. The zero-order chi connectivity index (χ0) is 17.0. The Morgan fingerprint density at radius 3 is 2.58 bits per heavy atom. The maximum Gasteiger partial charge on any atom is 0.225 e. The Morgan fingerprint density at radius 1 is 1.08 bits per heavy atom. The minimum absolute atomic E-state index is 0.132. The number of nitrogens with one attached hydrogen (secondary N) is 2. The van der Waals surface area contributed by atoms with E-state index >= 15 is 0 Å². The molecular weight excluding hydrogens is 326 g/mol. The molecule has 0 aromatic carbocycles. The Hall–Kier alpha value is -0.660. The fourth-order valence-electron chi connectivity index (χ4n) is 4.32. The van der Waals surface area contributed by atoms with Gasteiger partial charge in [-0.25, -0.2) is 13.1 Å². The maximum absolute atomic E-state index is 12.6. The van der Waals surface area contributed by atoms with E-state index in [1.54, 1.807) is 0 Å². The molecule has 3 rings (SSSR count). The summed E-state index contributed by atoms with van der Waals surface area (Å²) in [6.07, 6.45) is 8.80. The van der Waals surface area contributed by atoms with E-state index in [0.717, 1.165) is 51.5 Å². The lowest BCUT2D eigenvalue weighted by molar-refractivity contribution is -0.136. The summed E-state index contributed by atoms with van der Waals surface area (Å²) in [6, 6.07) is 0.444. The number of carbonyl (C=O) groups excluding carboxylic acids is 1. The summed E-state index contributed by atoms with van der Waals surface area (Å²) in [4.78, 5) is 14.4. The van der Waals surface area contributed by atoms with Gasteiger partial charge < -0.3 is 10.2 Å². The number of amides is 1. The van der Waals surface area contributed by atoms with Crippen LogP contribution in [0.2, 0.25) is 0 Å². The monoisotopic (exact) mass is 357 g/mol. The first-order valence-electron chi connectivity index (χ1n) is 9.57. The molecule has 2 N–H and O–H groups in total. The molecule has 0 aromatic rings. The van der Waals surface area contributed by atoms with E-state index in [9.17, 15) is 13.2 Å². The Labute approximate surface area is 145 Å². The van der Waals surface area contributed by atoms with E-state index in [1.807, 2.05) is 4.90 Å². The summed E-state index contributed by atoms with van der Waals surface area (Å²) in [5, 5.41) is 2.94. The van der Waals surface area contributed by atoms with E-state index in [4.69, 9.17) is 0 Å². The number of carbonyl (C=O) groups is 1. The molecule has 1 aliphatic carbocycles. The number of nitrogens with zero attached hydrogens (tertiary/aromatic N) is 1. The van der Waals surface area contributed by atoms with E-state index in [0.29, 0.717) is 32.1 Å². The van der Waals surface area contributed by atoms with Crippen LogP contribution >= 0.6 is 0 Å². The van der Waals surface area contributed by atoms with Gasteiger partial charge in [0, 0.05) is 31.6 Å². The van der Waals surface area contributed by atoms with Crippen molar-refractivity contribution in [3.8, 4) is 0 Å². The van der Waals surface area contributed by atoms with Gasteiger partial charge in [-0.2, -0.15) is 0 Å². The molecule has 2 saturated heterocycles. The van der Waals surface area contributed by atoms with Gasteiger partial charge >= 0.3 is 0 Å². The normalized spacial score (nSPS) is 29.2. The Kier molecular flexibility index (Phi) is 6.16. The first-order chi connectivity index (χ1) is 11.6. The van der Waals surface area contributed by atoms with Gasteiger partial charge in [0.05, 0.1) is 5.25 Å². The van der Waals surface area contributed by atoms with Crippen LogP contribution in [-0.2, 0) is 14.8 Å². The van der Waals surface area contributed by atoms with Crippen molar-refractivity contribution in [3.63, 3.8) is 0 Å². The van der Waals surface area contributed by atoms with Crippen LogP contribution in [0.3, 0.4) is 0 Å². The molecule has 7 heteroatoms. The van der Waals surface area contributed by atoms with Gasteiger partial charge in [-0.15, -0.1) is 0 Å². The maximum atomic E-state index is 12.6. The highest BCUT2D eigenvalue weighted by molar-refractivity contribution is 7.90. The third-order valence-electron chi connectivity index (χ3n) is 5.79. The number of hydrogen-bond acceptors (Lipinski definition) is 4. The number of likely N-dealkylation sites (tertiary alicyclic amines) is 1. The fraction of sp³-hybridized carbons (Fsp3) is 0.941. The van der Waals surface area contributed by atoms with Gasteiger partial charge in [-0.05, 0) is 51.5 Å². The molecule has 0 radical (unpaired) electrons. The zero-order valence-corrected chi connectivity index (χ0v) is 15.3. The predicted molar refractivity (Wildman–Crippen MR) is 94.1 cm³/mol. The Morgan fingerprint density at radius 2 is 1.88 bits per heavy atom. The number of sulfonamides is 1. The van der Waals surface area contributed by atoms with Crippen molar-refractivity contribution in [3.05, 3.63) is 0 Å². The van der Waals surface area contributed by atoms with Crippen molar-refractivity contribution in [1.29, 1.82) is 0 Å². The standard InChI is InChI=1S/C17H31N3O3S/c21-17(14-5-1-2-6-14)20-12-4-8-16(13-20)24(22,23)19-11-9-15-7-3-10-18-15/h14-16,18-19H,1-13H2/t15-,16?/m1/s1. The zero-order valence-electron chi connectivity index (χ0n) is 14.5. The fourth-order valence-corrected chi connectivity index (χ4v) is 5.81. The summed E-state index contributed by atoms with van der Waals surface area (Å²) in [5.41, 5.74) is 0. The summed E-state index contributed by atoms with van der Waals surface area (Å²) >= 11 is 0. The second-order valence-electron chi connectivity index (χ2n) is 7.55. The van der Waals surface area contributed by atoms with Crippen LogP contribution < -0.4 is 10.0 Å². The van der Waals surface area contributed by atoms with Crippen molar-refractivity contribution in [2.45, 2.75) is 69.1 Å². The van der Waals surface area contributed by atoms with Gasteiger partial charge in [0.25, 0.3) is 0 Å². The van der Waals surface area contributed by atoms with Gasteiger partial charge in [0.2, 0.25) is 15.9 Å². The van der Waals surface area contributed by atoms with Gasteiger partial charge in [0.1, 0.15) is 0 Å². The average molecular weight is 358 g/mol. The van der Waals surface area contributed by atoms with E-state index in [1.165, 1.54) is 6.42 Å². The van der Waals surface area contributed by atoms with Gasteiger partial charge in [-0.1, -0.05) is 12.8 Å². The van der Waals surface area contributed by atoms with Crippen molar-refractivity contribution < 1.29 is 13.2 Å². The highest BCUT2D eigenvalue weighted by Gasteiger charge is 2.35. The molecule has 1 saturated carbocycles. The smallest absolute Gasteiger partial charge is 0.225 e. The van der Waals surface area contributed by atoms with Crippen LogP contribution in [0.1, 0.15) is 57.8 Å². The minimum atomic E-state index is -3.34. The molecule has 24 heavy (non-hydrogen) atoms. The van der Waals surface area contributed by atoms with E-state index in [-0.39, 0.29) is 11.8 Å². The number of rotatable bonds is 6. The van der Waals surface area contributed by atoms with E-state index in [2.05, 4.69) is 10.0 Å². The van der Waals surface area contributed by atoms with Crippen molar-refractivity contribution in [2.24, 2.45) is 5.92 Å². The largest absolute Gasteiger partial charge is 0.341 e. The summed E-state index contributed by atoms with van der Waals surface area (Å²) in [5.74, 6) is 0.315. The molecule has 1 amide bonds. The van der Waals surface area contributed by atoms with E-state index < -0.39 is 15.3 Å². The van der Waals surface area contributed by atoms with Crippen molar-refractivity contribution >= 4 is 15.9 Å². The molecule has 2 atom stereocenters. The average Bonchev–Trinajstić information content (AvgIpc) is 3.28. The lowest BCUT2D eigenvalue weighted by Gasteiger charge is -2.34. The highest BCUT2D eigenvalue weighted by Crippen LogP contribution is 2.28. The third kappa shape index (κ3) is 4.49. The van der Waals surface area contributed by atoms with Crippen LogP contribution in [0.4, 0.5) is 0 Å². The minimum Gasteiger partial charge on any atom is -0.341 e. The lowest BCUT2D eigenvalue weighted by Crippen LogP contribution is -2.50. The first-order valence-corrected chi connectivity index (χ1v) is 11.1. The van der Waals surface area contributed by atoms with Crippen molar-refractivity contribution in [1.82, 2.24) is 14.9 Å². The molecule has 6 nitrogen and oxygen atoms in total. The van der Waals surface area contributed by atoms with Crippen LogP contribution in [0.5, 0.6) is 0 Å². The van der Waals surface area contributed by atoms with Crippen LogP contribution in [0.25, 0.3) is 0 Å². The second-order valence-corrected chi connectivity index (χ2v) is 9.60. The quantitative estimate of drug-likeness (QED) is 0.749. The highest BCUT2D eigenvalue weighted by atomic mass is 32.2. The van der Waals surface area contributed by atoms with Crippen LogP contribution in [0.15, 0.2) is 0 Å². The van der Waals surface area contributed by atoms with Crippen molar-refractivity contribution in [2.75, 3.05) is 26.2 Å². The molecule has 0 spiro atoms. The predicted octanol–water partition coefficient (Wildman–Crippen LogP) is 1.23. The topological polar surface area (TPSA) is 78.5 Å². The molecular formula is C17H31N3O3S. The number of piperidine rings is 1. The molecule has 0 aromatic heterocycles. The first kappa shape index (κ1) is 18.1. The number of hydrogen-bond donors (Lipinski definition) is 2. The molecule has 3 fully saturated rings. The Balaban J connectivity index is 1.49. The summed E-state index contributed by atoms with van der Waals surface area (Å²) in [7, 11) is -3.34. The molecule has 1 unspecified atom stereocenters. The van der Waals surface area contributed by atoms with Gasteiger partial charge in [-0.3, -0.25) is 4.79 Å². The lowest BCUT2D eigenvalue weighted by atomic mass is 10.0. The van der Waals surface area contributed by atoms with Gasteiger partial charge in [0.15, 0.2) is 0 Å². The van der Waals surface area contributed by atoms with Crippen LogP contribution in [-0.4, -0.2) is 56.7 Å². The SMILES string of the molecule is O=C(C1CCCC1)N1CCCC(S(=O)(=O)NCC[C@H]2CCCN2)C1. The summed E-state index contributed by atoms with van der Waals surface area (Å²) < 4.78 is 27.9. The second kappa shape index (κ2) is 8.15. The molecule has 2 aliphatic heterocycles. The summed E-state index contributed by atoms with van der Waals surface area (Å²) in [6.45, 7) is 2.62. The van der Waals surface area contributed by atoms with Crippen LogP contribution in [0, 0.1) is 5.92 Å².